The highest BCUT2D eigenvalue weighted by molar-refractivity contribution is 8.01. The number of aryl methyl sites for hydroxylation is 1. The normalized spacial score (nSPS) is 18.8. The third kappa shape index (κ3) is 8.21. The summed E-state index contributed by atoms with van der Waals surface area (Å²) < 4.78 is 40.9. The summed E-state index contributed by atoms with van der Waals surface area (Å²) >= 11 is 9.49. The number of hydrogen-bond acceptors (Lipinski definition) is 9. The highest BCUT2D eigenvalue weighted by Gasteiger charge is 2.54. The first-order valence-corrected chi connectivity index (χ1v) is 16.4. The molecule has 0 aliphatic carbocycles. The van der Waals surface area contributed by atoms with Crippen molar-refractivity contribution >= 4 is 70.6 Å². The third-order valence-electron chi connectivity index (χ3n) is 6.69. The number of aliphatic carboxylic acids is 2. The Labute approximate surface area is 267 Å². The van der Waals surface area contributed by atoms with Crippen molar-refractivity contribution < 1.29 is 47.1 Å². The number of carbonyl (C=O) groups is 4. The van der Waals surface area contributed by atoms with Gasteiger partial charge < -0.3 is 26.1 Å². The number of nitrogens with two attached hydrogens (primary N) is 1. The average Bonchev–Trinajstić information content (AvgIpc) is 2.97. The lowest BCUT2D eigenvalue weighted by Crippen LogP contribution is -2.70. The lowest BCUT2D eigenvalue weighted by atomic mass is 10.0. The van der Waals surface area contributed by atoms with Crippen LogP contribution in [0.2, 0.25) is 5.02 Å². The molecule has 4 N–H and O–H groups in total. The lowest BCUT2D eigenvalue weighted by molar-refractivity contribution is -0.697. The van der Waals surface area contributed by atoms with Gasteiger partial charge in [-0.25, -0.2) is 9.36 Å². The Kier molecular flexibility index (Phi) is 11.2. The summed E-state index contributed by atoms with van der Waals surface area (Å²) in [6.07, 6.45) is -0.108. The van der Waals surface area contributed by atoms with Crippen LogP contribution in [-0.4, -0.2) is 68.5 Å². The maximum Gasteiger partial charge on any atom is 0.416 e. The molecular weight excluding hydrogens is 665 g/mol. The van der Waals surface area contributed by atoms with E-state index in [0.29, 0.717) is 30.0 Å². The minimum absolute atomic E-state index is 0.0528. The van der Waals surface area contributed by atoms with E-state index in [4.69, 9.17) is 17.3 Å². The van der Waals surface area contributed by atoms with Crippen molar-refractivity contribution in [2.45, 2.75) is 52.8 Å². The van der Waals surface area contributed by atoms with Gasteiger partial charge in [0.25, 0.3) is 5.91 Å². The molecule has 0 saturated carbocycles. The van der Waals surface area contributed by atoms with Crippen molar-refractivity contribution in [3.05, 3.63) is 64.6 Å². The van der Waals surface area contributed by atoms with Gasteiger partial charge in [0, 0.05) is 45.9 Å². The van der Waals surface area contributed by atoms with Crippen molar-refractivity contribution in [1.29, 1.82) is 0 Å². The summed E-state index contributed by atoms with van der Waals surface area (Å²) in [5, 5.41) is 22.6. The Bertz CT molecular complexity index is 1480. The quantitative estimate of drug-likeness (QED) is 0.162. The second-order valence-corrected chi connectivity index (χ2v) is 13.4. The Morgan fingerprint density at radius 2 is 1.93 bits per heavy atom. The zero-order chi connectivity index (χ0) is 32.2. The molecule has 44 heavy (non-hydrogen) atoms. The van der Waals surface area contributed by atoms with Crippen LogP contribution in [0.3, 0.4) is 0 Å². The first kappa shape index (κ1) is 34.0. The minimum atomic E-state index is -4.57. The molecule has 2 aromatic rings. The number of amides is 2. The maximum absolute atomic E-state index is 13.0. The molecule has 4 rings (SSSR count). The van der Waals surface area contributed by atoms with Crippen LogP contribution >= 0.6 is 46.9 Å². The van der Waals surface area contributed by atoms with Gasteiger partial charge >= 0.3 is 12.1 Å². The molecule has 2 aliphatic rings. The van der Waals surface area contributed by atoms with E-state index in [1.807, 2.05) is 29.1 Å². The van der Waals surface area contributed by atoms with Gasteiger partial charge in [-0.15, -0.1) is 35.3 Å². The van der Waals surface area contributed by atoms with Crippen LogP contribution in [0.1, 0.15) is 18.4 Å². The summed E-state index contributed by atoms with van der Waals surface area (Å²) in [5.41, 5.74) is 4.98. The number of benzene rings is 1. The minimum Gasteiger partial charge on any atom is -0.548 e. The van der Waals surface area contributed by atoms with Crippen molar-refractivity contribution in [2.24, 2.45) is 5.73 Å². The average molecular weight is 691 g/mol. The molecule has 1 fully saturated rings. The molecule has 3 atom stereocenters. The van der Waals surface area contributed by atoms with Crippen molar-refractivity contribution in [2.75, 3.05) is 17.3 Å². The number of carboxylic acids is 2. The van der Waals surface area contributed by atoms with Gasteiger partial charge in [-0.2, -0.15) is 13.2 Å². The fraction of sp³-hybridized carbons (Fsp3) is 0.370. The van der Waals surface area contributed by atoms with E-state index < -0.39 is 53.0 Å². The number of pyridine rings is 1. The number of nitrogens with zero attached hydrogens (tertiary/aromatic N) is 2. The fourth-order valence-electron chi connectivity index (χ4n) is 4.41. The van der Waals surface area contributed by atoms with Gasteiger partial charge in [0.1, 0.15) is 23.7 Å². The van der Waals surface area contributed by atoms with Crippen molar-refractivity contribution in [3.8, 4) is 0 Å². The van der Waals surface area contributed by atoms with E-state index in [0.717, 1.165) is 39.8 Å². The highest BCUT2D eigenvalue weighted by Crippen LogP contribution is 2.42. The van der Waals surface area contributed by atoms with Crippen LogP contribution in [0.25, 0.3) is 0 Å². The predicted octanol–water partition coefficient (Wildman–Crippen LogP) is 2.13. The molecule has 236 valence electrons. The van der Waals surface area contributed by atoms with Gasteiger partial charge in [0.2, 0.25) is 5.91 Å². The number of carbonyl (C=O) groups excluding carboxylic acids is 3. The van der Waals surface area contributed by atoms with E-state index >= 15 is 0 Å². The number of aromatic nitrogens is 1. The third-order valence-corrected chi connectivity index (χ3v) is 10.6. The molecule has 0 unspecified atom stereocenters. The first-order valence-electron chi connectivity index (χ1n) is 13.0. The van der Waals surface area contributed by atoms with E-state index in [1.54, 1.807) is 0 Å². The molecule has 0 radical (unpaired) electrons. The van der Waals surface area contributed by atoms with Gasteiger partial charge in [0.15, 0.2) is 12.4 Å². The molecule has 1 aromatic carbocycles. The zero-order valence-corrected chi connectivity index (χ0v) is 25.9. The maximum atomic E-state index is 13.0. The monoisotopic (exact) mass is 690 g/mol. The van der Waals surface area contributed by atoms with Crippen LogP contribution in [0.4, 0.5) is 13.2 Å². The summed E-state index contributed by atoms with van der Waals surface area (Å²) in [4.78, 5) is 50.5. The topological polar surface area (TPSA) is 157 Å². The smallest absolute Gasteiger partial charge is 0.416 e. The van der Waals surface area contributed by atoms with Gasteiger partial charge in [-0.05, 0) is 30.2 Å². The second-order valence-electron chi connectivity index (χ2n) is 9.77. The van der Waals surface area contributed by atoms with Crippen LogP contribution in [0.5, 0.6) is 0 Å². The Morgan fingerprint density at radius 1 is 1.23 bits per heavy atom. The first-order chi connectivity index (χ1) is 20.8. The fourth-order valence-corrected chi connectivity index (χ4v) is 7.85. The number of fused-ring (bicyclic) bond motifs is 1. The molecule has 1 saturated heterocycles. The molecule has 0 spiro atoms. The largest absolute Gasteiger partial charge is 0.548 e. The van der Waals surface area contributed by atoms with Crippen LogP contribution < -0.4 is 20.7 Å². The Balaban J connectivity index is 1.32. The van der Waals surface area contributed by atoms with E-state index in [-0.39, 0.29) is 27.8 Å². The SMILES string of the molecule is N[C@@H](CCC[n+]1ccc(SCC2=C(C(=O)O)N3C(=O)[C@@H](NC(=O)CSc4cc(C(F)(F)F)ccc4Cl)[C@H]3SC2)cc1)C(=O)[O-]. The Hall–Kier alpha value is -2.92. The van der Waals surface area contributed by atoms with E-state index in [1.165, 1.54) is 23.5 Å². The van der Waals surface area contributed by atoms with Crippen LogP contribution in [0, 0.1) is 0 Å². The molecule has 17 heteroatoms. The number of alkyl halides is 3. The van der Waals surface area contributed by atoms with E-state index in [2.05, 4.69) is 5.32 Å². The van der Waals surface area contributed by atoms with Crippen LogP contribution in [0.15, 0.2) is 63.8 Å². The van der Waals surface area contributed by atoms with Gasteiger partial charge in [0.05, 0.1) is 22.3 Å². The number of hydrogen-bond donors (Lipinski definition) is 3. The van der Waals surface area contributed by atoms with Crippen molar-refractivity contribution in [1.82, 2.24) is 10.2 Å². The molecule has 2 aliphatic heterocycles. The standard InChI is InChI=1S/C27H26ClF3N4O6S3/c28-17-4-3-15(27(29,30)31)10-19(17)43-13-20(36)33-21-23(37)35-22(26(40)41)14(12-44-24(21)35)11-42-16-5-8-34(9-6-16)7-1-2-18(32)25(38)39/h3-6,8-10,18,21,24H,1-2,7,11-13,32H2,(H2-,33,36,38,39,40,41)/t18-,21+,24+/m0/s1. The number of carboxylic acid groups (broad SMARTS) is 2. The molecule has 3 heterocycles. The molecular formula is C27H26ClF3N4O6S3. The number of nitrogens with one attached hydrogen (secondary N) is 1. The molecule has 2 amide bonds. The second kappa shape index (κ2) is 14.5. The van der Waals surface area contributed by atoms with Gasteiger partial charge in [-0.1, -0.05) is 11.6 Å². The summed E-state index contributed by atoms with van der Waals surface area (Å²) in [6, 6.07) is 4.48. The number of β-lactam (4-membered cyclic amide) rings is 1. The van der Waals surface area contributed by atoms with Crippen LogP contribution in [-0.2, 0) is 31.9 Å². The lowest BCUT2D eigenvalue weighted by Gasteiger charge is -2.49. The number of thioether (sulfide) groups is 3. The molecule has 10 nitrogen and oxygen atoms in total. The highest BCUT2D eigenvalue weighted by atomic mass is 35.5. The number of halogens is 4. The van der Waals surface area contributed by atoms with Gasteiger partial charge in [-0.3, -0.25) is 14.5 Å². The Morgan fingerprint density at radius 3 is 2.57 bits per heavy atom. The zero-order valence-electron chi connectivity index (χ0n) is 22.7. The van der Waals surface area contributed by atoms with Crippen molar-refractivity contribution in [3.63, 3.8) is 0 Å². The summed E-state index contributed by atoms with van der Waals surface area (Å²) in [6.45, 7) is 0.560. The summed E-state index contributed by atoms with van der Waals surface area (Å²) in [7, 11) is 0. The molecule has 1 aromatic heterocycles. The molecule has 0 bridgehead atoms. The summed E-state index contributed by atoms with van der Waals surface area (Å²) in [5.74, 6) is -3.42. The predicted molar refractivity (Wildman–Crippen MR) is 156 cm³/mol. The van der Waals surface area contributed by atoms with E-state index in [9.17, 15) is 42.6 Å². The number of rotatable bonds is 13.